The zero-order valence-electron chi connectivity index (χ0n) is 13.5. The molecule has 2 saturated heterocycles. The van der Waals surface area contributed by atoms with E-state index in [1.165, 1.54) is 30.8 Å². The van der Waals surface area contributed by atoms with Gasteiger partial charge in [0.15, 0.2) is 0 Å². The minimum atomic E-state index is 0.125. The number of thiophene rings is 1. The first kappa shape index (κ1) is 15.8. The molecule has 122 valence electrons. The van der Waals surface area contributed by atoms with Crippen LogP contribution >= 0.6 is 11.3 Å². The molecular formula is C17H27N3OS. The normalized spacial score (nSPS) is 23.9. The zero-order chi connectivity index (χ0) is 15.4. The molecule has 3 heterocycles. The van der Waals surface area contributed by atoms with Crippen molar-refractivity contribution in [1.29, 1.82) is 0 Å². The summed E-state index contributed by atoms with van der Waals surface area (Å²) in [5, 5.41) is 5.24. The molecule has 0 bridgehead atoms. The lowest BCUT2D eigenvalue weighted by molar-refractivity contribution is 0.197. The number of rotatable bonds is 5. The summed E-state index contributed by atoms with van der Waals surface area (Å²) >= 11 is 1.80. The monoisotopic (exact) mass is 321 g/mol. The first-order valence-corrected chi connectivity index (χ1v) is 9.39. The van der Waals surface area contributed by atoms with Gasteiger partial charge in [-0.15, -0.1) is 11.3 Å². The summed E-state index contributed by atoms with van der Waals surface area (Å²) in [7, 11) is 0. The third-order valence-corrected chi connectivity index (χ3v) is 5.74. The predicted octanol–water partition coefficient (Wildman–Crippen LogP) is 2.81. The van der Waals surface area contributed by atoms with E-state index in [1.807, 2.05) is 4.90 Å². The highest BCUT2D eigenvalue weighted by Crippen LogP contribution is 2.20. The van der Waals surface area contributed by atoms with Crippen LogP contribution in [0.2, 0.25) is 0 Å². The third kappa shape index (κ3) is 4.02. The van der Waals surface area contributed by atoms with Crippen LogP contribution in [0, 0.1) is 5.92 Å². The Morgan fingerprint density at radius 2 is 2.23 bits per heavy atom. The molecule has 2 aliphatic rings. The number of likely N-dealkylation sites (tertiary alicyclic amines) is 2. The molecule has 3 rings (SSSR count). The lowest BCUT2D eigenvalue weighted by Gasteiger charge is -2.24. The molecule has 2 amide bonds. The fourth-order valence-corrected chi connectivity index (χ4v) is 4.42. The third-order valence-electron chi connectivity index (χ3n) is 4.84. The molecule has 22 heavy (non-hydrogen) atoms. The maximum absolute atomic E-state index is 12.3. The van der Waals surface area contributed by atoms with E-state index in [9.17, 15) is 4.79 Å². The standard InChI is InChI=1S/C17H27N3OS/c1-14(11-16-5-4-10-22-16)12-18-17(21)20-9-6-15(13-20)19-7-2-3-8-19/h4-5,10,14-15H,2-3,6-9,11-13H2,1H3,(H,18,21)/t14-,15-/m0/s1. The Morgan fingerprint density at radius 3 is 2.95 bits per heavy atom. The predicted molar refractivity (Wildman–Crippen MR) is 91.4 cm³/mol. The number of hydrogen-bond donors (Lipinski definition) is 1. The van der Waals surface area contributed by atoms with E-state index < -0.39 is 0 Å². The second-order valence-corrected chi connectivity index (χ2v) is 7.74. The van der Waals surface area contributed by atoms with Gasteiger partial charge >= 0.3 is 6.03 Å². The first-order valence-electron chi connectivity index (χ1n) is 8.51. The van der Waals surface area contributed by atoms with E-state index in [1.54, 1.807) is 11.3 Å². The van der Waals surface area contributed by atoms with Crippen LogP contribution in [0.25, 0.3) is 0 Å². The highest BCUT2D eigenvalue weighted by Gasteiger charge is 2.31. The van der Waals surface area contributed by atoms with Gasteiger partial charge in [0, 0.05) is 30.6 Å². The van der Waals surface area contributed by atoms with Gasteiger partial charge in [-0.1, -0.05) is 13.0 Å². The Morgan fingerprint density at radius 1 is 1.41 bits per heavy atom. The van der Waals surface area contributed by atoms with E-state index in [0.717, 1.165) is 32.5 Å². The molecule has 1 aromatic heterocycles. The molecule has 0 radical (unpaired) electrons. The second-order valence-electron chi connectivity index (χ2n) is 6.71. The van der Waals surface area contributed by atoms with Gasteiger partial charge in [-0.2, -0.15) is 0 Å². The summed E-state index contributed by atoms with van der Waals surface area (Å²) in [6.45, 7) is 7.23. The van der Waals surface area contributed by atoms with E-state index >= 15 is 0 Å². The van der Waals surface area contributed by atoms with Crippen molar-refractivity contribution in [3.05, 3.63) is 22.4 Å². The Kier molecular flexibility index (Phi) is 5.37. The minimum Gasteiger partial charge on any atom is -0.338 e. The van der Waals surface area contributed by atoms with Crippen molar-refractivity contribution in [1.82, 2.24) is 15.1 Å². The van der Waals surface area contributed by atoms with Crippen molar-refractivity contribution in [3.63, 3.8) is 0 Å². The molecule has 1 aromatic rings. The van der Waals surface area contributed by atoms with Crippen LogP contribution in [0.5, 0.6) is 0 Å². The molecule has 1 N–H and O–H groups in total. The highest BCUT2D eigenvalue weighted by molar-refractivity contribution is 7.09. The molecule has 0 spiro atoms. The average molecular weight is 321 g/mol. The van der Waals surface area contributed by atoms with Gasteiger partial charge in [0.05, 0.1) is 0 Å². The van der Waals surface area contributed by atoms with Gasteiger partial charge < -0.3 is 10.2 Å². The Balaban J connectivity index is 1.38. The molecule has 0 aliphatic carbocycles. The number of urea groups is 1. The molecule has 2 aliphatic heterocycles. The van der Waals surface area contributed by atoms with Crippen molar-refractivity contribution < 1.29 is 4.79 Å². The smallest absolute Gasteiger partial charge is 0.317 e. The summed E-state index contributed by atoms with van der Waals surface area (Å²) in [5.41, 5.74) is 0. The Bertz CT molecular complexity index is 470. The summed E-state index contributed by atoms with van der Waals surface area (Å²) in [6, 6.07) is 4.98. The van der Waals surface area contributed by atoms with E-state index in [0.29, 0.717) is 12.0 Å². The molecule has 4 nitrogen and oxygen atoms in total. The number of nitrogens with one attached hydrogen (secondary N) is 1. The van der Waals surface area contributed by atoms with Crippen LogP contribution in [0.15, 0.2) is 17.5 Å². The summed E-state index contributed by atoms with van der Waals surface area (Å²) in [5.74, 6) is 0.486. The molecule has 0 aromatic carbocycles. The number of carbonyl (C=O) groups excluding carboxylic acids is 1. The number of nitrogens with zero attached hydrogens (tertiary/aromatic N) is 2. The molecule has 5 heteroatoms. The van der Waals surface area contributed by atoms with Gasteiger partial charge in [-0.05, 0) is 56.1 Å². The maximum Gasteiger partial charge on any atom is 0.317 e. The molecule has 2 atom stereocenters. The van der Waals surface area contributed by atoms with Crippen LogP contribution in [0.4, 0.5) is 4.79 Å². The molecular weight excluding hydrogens is 294 g/mol. The van der Waals surface area contributed by atoms with Crippen molar-refractivity contribution in [2.45, 2.75) is 38.6 Å². The Hall–Kier alpha value is -1.07. The summed E-state index contributed by atoms with van der Waals surface area (Å²) in [6.07, 6.45) is 4.83. The fraction of sp³-hybridized carbons (Fsp3) is 0.706. The van der Waals surface area contributed by atoms with Gasteiger partial charge in [-0.3, -0.25) is 4.90 Å². The van der Waals surface area contributed by atoms with Crippen LogP contribution in [0.3, 0.4) is 0 Å². The maximum atomic E-state index is 12.3. The summed E-state index contributed by atoms with van der Waals surface area (Å²) < 4.78 is 0. The minimum absolute atomic E-state index is 0.125. The number of carbonyl (C=O) groups is 1. The van der Waals surface area contributed by atoms with E-state index in [2.05, 4.69) is 34.7 Å². The molecule has 0 unspecified atom stereocenters. The second kappa shape index (κ2) is 7.47. The quantitative estimate of drug-likeness (QED) is 0.905. The van der Waals surface area contributed by atoms with Crippen molar-refractivity contribution in [3.8, 4) is 0 Å². The van der Waals surface area contributed by atoms with E-state index in [-0.39, 0.29) is 6.03 Å². The SMILES string of the molecule is C[C@H](CNC(=O)N1CC[C@H](N2CCCC2)C1)Cc1cccs1. The number of amides is 2. The summed E-state index contributed by atoms with van der Waals surface area (Å²) in [4.78, 5) is 18.3. The van der Waals surface area contributed by atoms with Gasteiger partial charge in [0.1, 0.15) is 0 Å². The van der Waals surface area contributed by atoms with Gasteiger partial charge in [-0.25, -0.2) is 4.79 Å². The topological polar surface area (TPSA) is 35.6 Å². The van der Waals surface area contributed by atoms with Crippen LogP contribution in [-0.4, -0.2) is 54.6 Å². The average Bonchev–Trinajstić information content (AvgIpc) is 3.23. The molecule has 2 fully saturated rings. The van der Waals surface area contributed by atoms with Gasteiger partial charge in [0.25, 0.3) is 0 Å². The lowest BCUT2D eigenvalue weighted by atomic mass is 10.1. The van der Waals surface area contributed by atoms with Crippen molar-refractivity contribution >= 4 is 17.4 Å². The highest BCUT2D eigenvalue weighted by atomic mass is 32.1. The van der Waals surface area contributed by atoms with E-state index in [4.69, 9.17) is 0 Å². The largest absolute Gasteiger partial charge is 0.338 e. The van der Waals surface area contributed by atoms with Crippen LogP contribution in [0.1, 0.15) is 31.1 Å². The first-order chi connectivity index (χ1) is 10.7. The van der Waals surface area contributed by atoms with Gasteiger partial charge in [0.2, 0.25) is 0 Å². The fourth-order valence-electron chi connectivity index (χ4n) is 3.55. The zero-order valence-corrected chi connectivity index (χ0v) is 14.3. The molecule has 0 saturated carbocycles. The number of hydrogen-bond acceptors (Lipinski definition) is 3. The van der Waals surface area contributed by atoms with Crippen molar-refractivity contribution in [2.75, 3.05) is 32.7 Å². The van der Waals surface area contributed by atoms with Crippen molar-refractivity contribution in [2.24, 2.45) is 5.92 Å². The van der Waals surface area contributed by atoms with Crippen LogP contribution in [-0.2, 0) is 6.42 Å². The Labute approximate surface area is 137 Å². The van der Waals surface area contributed by atoms with Crippen LogP contribution < -0.4 is 5.32 Å². The lowest BCUT2D eigenvalue weighted by Crippen LogP contribution is -2.42.